The van der Waals surface area contributed by atoms with Crippen LogP contribution in [0.5, 0.6) is 5.88 Å². The second-order valence-corrected chi connectivity index (χ2v) is 10.5. The van der Waals surface area contributed by atoms with Crippen molar-refractivity contribution in [3.8, 4) is 5.88 Å². The van der Waals surface area contributed by atoms with Crippen LogP contribution in [0.3, 0.4) is 0 Å². The molecule has 0 saturated carbocycles. The molecule has 1 fully saturated rings. The van der Waals surface area contributed by atoms with E-state index in [-0.39, 0.29) is 35.5 Å². The van der Waals surface area contributed by atoms with Gasteiger partial charge in [-0.15, -0.1) is 0 Å². The normalized spacial score (nSPS) is 18.3. The van der Waals surface area contributed by atoms with Crippen molar-refractivity contribution in [1.29, 1.82) is 0 Å². The van der Waals surface area contributed by atoms with Crippen molar-refractivity contribution in [2.45, 2.75) is 51.4 Å². The van der Waals surface area contributed by atoms with Gasteiger partial charge in [0.2, 0.25) is 0 Å². The van der Waals surface area contributed by atoms with Crippen molar-refractivity contribution in [2.75, 3.05) is 6.61 Å². The van der Waals surface area contributed by atoms with Gasteiger partial charge in [-0.25, -0.2) is 33.4 Å². The number of rotatable bonds is 9. The van der Waals surface area contributed by atoms with Crippen molar-refractivity contribution < 1.29 is 28.2 Å². The molecule has 1 aromatic carbocycles. The van der Waals surface area contributed by atoms with Crippen LogP contribution >= 0.6 is 0 Å². The number of benzene rings is 1. The quantitative estimate of drug-likeness (QED) is 0.241. The number of hydrogen-bond acceptors (Lipinski definition) is 6. The Bertz CT molecular complexity index is 1740. The summed E-state index contributed by atoms with van der Waals surface area (Å²) in [5.41, 5.74) is 3.16. The second-order valence-electron chi connectivity index (χ2n) is 10.5. The summed E-state index contributed by atoms with van der Waals surface area (Å²) in [5, 5.41) is 9.42. The highest BCUT2D eigenvalue weighted by molar-refractivity contribution is 5.88. The number of allylic oxidation sites excluding steroid dienone is 2. The van der Waals surface area contributed by atoms with Gasteiger partial charge in [0, 0.05) is 18.6 Å². The smallest absolute Gasteiger partial charge is 0.354 e. The van der Waals surface area contributed by atoms with Crippen LogP contribution in [0.15, 0.2) is 48.5 Å². The summed E-state index contributed by atoms with van der Waals surface area (Å²) in [6.07, 6.45) is 6.14. The molecule has 0 radical (unpaired) electrons. The number of carboxylic acid groups (broad SMARTS) is 1. The standard InChI is InChI=1S/C31H27F2N5O4/c1-34-21-7-6-20(24(33)15-21)17-42-30-23(32)8-9-25(37-30)19-4-2-18(3-5-19)14-28-35-26-10-11-27(31(39)40)36-29(26)38(28)16-22-12-13-41-22/h4,6-11,15,18,22H,2-3,5,12-14,16-17H2,(H,39,40)/t18?,22-/m0/s1. The number of pyridine rings is 2. The third-order valence-corrected chi connectivity index (χ3v) is 7.73. The van der Waals surface area contributed by atoms with Crippen LogP contribution in [0.25, 0.3) is 21.6 Å². The molecular weight excluding hydrogens is 544 g/mol. The fourth-order valence-electron chi connectivity index (χ4n) is 5.28. The minimum absolute atomic E-state index is 0.0201. The first-order valence-corrected chi connectivity index (χ1v) is 13.7. The van der Waals surface area contributed by atoms with Gasteiger partial charge in [-0.3, -0.25) is 0 Å². The van der Waals surface area contributed by atoms with Gasteiger partial charge in [0.1, 0.15) is 23.8 Å². The van der Waals surface area contributed by atoms with E-state index in [1.165, 1.54) is 24.3 Å². The summed E-state index contributed by atoms with van der Waals surface area (Å²) in [5.74, 6) is -1.37. The number of aromatic nitrogens is 4. The number of carbonyl (C=O) groups is 1. The number of carboxylic acids is 1. The van der Waals surface area contributed by atoms with Crippen LogP contribution in [-0.4, -0.2) is 43.3 Å². The molecule has 3 aromatic heterocycles. The highest BCUT2D eigenvalue weighted by Crippen LogP contribution is 2.33. The fraction of sp³-hybridized carbons (Fsp3) is 0.323. The van der Waals surface area contributed by atoms with Crippen LogP contribution in [0.4, 0.5) is 14.5 Å². The molecule has 214 valence electrons. The molecule has 2 aliphatic rings. The topological polar surface area (TPSA) is 104 Å². The Hall–Kier alpha value is -4.69. The Balaban J connectivity index is 1.16. The monoisotopic (exact) mass is 571 g/mol. The third-order valence-electron chi connectivity index (χ3n) is 7.73. The zero-order valence-electron chi connectivity index (χ0n) is 22.6. The van der Waals surface area contributed by atoms with E-state index in [2.05, 4.69) is 20.9 Å². The van der Waals surface area contributed by atoms with Crippen LogP contribution in [0.2, 0.25) is 0 Å². The van der Waals surface area contributed by atoms with E-state index in [9.17, 15) is 18.7 Å². The number of hydrogen-bond donors (Lipinski definition) is 1. The lowest BCUT2D eigenvalue weighted by molar-refractivity contribution is -0.0591. The average molecular weight is 572 g/mol. The predicted octanol–water partition coefficient (Wildman–Crippen LogP) is 6.15. The molecule has 1 unspecified atom stereocenters. The summed E-state index contributed by atoms with van der Waals surface area (Å²) in [7, 11) is 0. The molecule has 6 rings (SSSR count). The van der Waals surface area contributed by atoms with Crippen molar-refractivity contribution >= 4 is 28.4 Å². The zero-order chi connectivity index (χ0) is 29.2. The Morgan fingerprint density at radius 2 is 1.98 bits per heavy atom. The summed E-state index contributed by atoms with van der Waals surface area (Å²) >= 11 is 0. The molecule has 1 N–H and O–H groups in total. The van der Waals surface area contributed by atoms with Crippen molar-refractivity contribution in [2.24, 2.45) is 5.92 Å². The van der Waals surface area contributed by atoms with Crippen molar-refractivity contribution in [3.05, 3.63) is 94.4 Å². The van der Waals surface area contributed by atoms with Crippen LogP contribution in [-0.2, 0) is 24.3 Å². The number of aromatic carboxylic acids is 1. The Kier molecular flexibility index (Phi) is 7.63. The van der Waals surface area contributed by atoms with Crippen LogP contribution < -0.4 is 4.74 Å². The molecule has 0 spiro atoms. The van der Waals surface area contributed by atoms with Crippen LogP contribution in [0.1, 0.15) is 53.3 Å². The molecule has 1 saturated heterocycles. The maximum Gasteiger partial charge on any atom is 0.354 e. The molecule has 2 atom stereocenters. The van der Waals surface area contributed by atoms with Gasteiger partial charge >= 0.3 is 5.97 Å². The number of nitrogens with zero attached hydrogens (tertiary/aromatic N) is 5. The lowest BCUT2D eigenvalue weighted by atomic mass is 9.86. The molecule has 0 bridgehead atoms. The summed E-state index contributed by atoms with van der Waals surface area (Å²) in [4.78, 5) is 28.2. The van der Waals surface area contributed by atoms with Gasteiger partial charge in [0.05, 0.1) is 24.9 Å². The lowest BCUT2D eigenvalue weighted by Crippen LogP contribution is -2.32. The summed E-state index contributed by atoms with van der Waals surface area (Å²) < 4.78 is 41.9. The highest BCUT2D eigenvalue weighted by Gasteiger charge is 2.25. The maximum absolute atomic E-state index is 14.5. The number of ether oxygens (including phenoxy) is 2. The third kappa shape index (κ3) is 5.71. The minimum atomic E-state index is -1.08. The zero-order valence-corrected chi connectivity index (χ0v) is 22.6. The SMILES string of the molecule is [C-]#[N+]c1ccc(COc2nc(C3=CCC(Cc4nc5ccc(C(=O)O)nc5n4C[C@@H]4CCO4)CC3)ccc2F)c(F)c1. The summed E-state index contributed by atoms with van der Waals surface area (Å²) in [6, 6.07) is 10.1. The average Bonchev–Trinajstić information content (AvgIpc) is 3.31. The first-order chi connectivity index (χ1) is 20.4. The van der Waals surface area contributed by atoms with Gasteiger partial charge in [-0.2, -0.15) is 0 Å². The molecule has 11 heteroatoms. The van der Waals surface area contributed by atoms with E-state index in [1.807, 2.05) is 4.57 Å². The van der Waals surface area contributed by atoms with E-state index >= 15 is 0 Å². The number of halogens is 2. The van der Waals surface area contributed by atoms with Crippen molar-refractivity contribution in [3.63, 3.8) is 0 Å². The second kappa shape index (κ2) is 11.7. The molecular formula is C31H27F2N5O4. The lowest BCUT2D eigenvalue weighted by Gasteiger charge is -2.28. The first-order valence-electron chi connectivity index (χ1n) is 13.7. The van der Waals surface area contributed by atoms with E-state index in [4.69, 9.17) is 21.0 Å². The van der Waals surface area contributed by atoms with E-state index in [1.54, 1.807) is 12.1 Å². The highest BCUT2D eigenvalue weighted by atomic mass is 19.1. The van der Waals surface area contributed by atoms with E-state index < -0.39 is 17.6 Å². The molecule has 1 aliphatic carbocycles. The van der Waals surface area contributed by atoms with Crippen molar-refractivity contribution in [1.82, 2.24) is 19.5 Å². The Morgan fingerprint density at radius 3 is 2.67 bits per heavy atom. The largest absolute Gasteiger partial charge is 0.477 e. The van der Waals surface area contributed by atoms with Gasteiger partial charge in [-0.1, -0.05) is 18.2 Å². The Labute approximate surface area is 240 Å². The number of fused-ring (bicyclic) bond motifs is 1. The molecule has 9 nitrogen and oxygen atoms in total. The van der Waals surface area contributed by atoms with E-state index in [0.717, 1.165) is 43.1 Å². The minimum Gasteiger partial charge on any atom is -0.477 e. The van der Waals surface area contributed by atoms with Gasteiger partial charge in [0.15, 0.2) is 22.8 Å². The fourth-order valence-corrected chi connectivity index (χ4v) is 5.28. The molecule has 0 amide bonds. The predicted molar refractivity (Wildman–Crippen MR) is 149 cm³/mol. The molecule has 42 heavy (non-hydrogen) atoms. The first kappa shape index (κ1) is 27.5. The molecule has 4 heterocycles. The molecule has 1 aliphatic heterocycles. The van der Waals surface area contributed by atoms with Gasteiger partial charge < -0.3 is 19.1 Å². The maximum atomic E-state index is 14.5. The number of imidazole rings is 1. The van der Waals surface area contributed by atoms with Crippen LogP contribution in [0, 0.1) is 24.1 Å². The van der Waals surface area contributed by atoms with Gasteiger partial charge in [0.25, 0.3) is 5.88 Å². The summed E-state index contributed by atoms with van der Waals surface area (Å²) in [6.45, 7) is 8.06. The Morgan fingerprint density at radius 1 is 1.12 bits per heavy atom. The van der Waals surface area contributed by atoms with Gasteiger partial charge in [-0.05, 0) is 67.5 Å². The van der Waals surface area contributed by atoms with E-state index in [0.29, 0.717) is 42.3 Å². The molecule has 4 aromatic rings.